The number of aliphatic hydroxyl groups is 1. The fourth-order valence-corrected chi connectivity index (χ4v) is 10.4. The third-order valence-electron chi connectivity index (χ3n) is 11.8. The quantitative estimate of drug-likeness (QED) is 0.127. The molecule has 3 aliphatic heterocycles. The second-order valence-corrected chi connectivity index (χ2v) is 23.7. The Morgan fingerprint density at radius 2 is 1.68 bits per heavy atom. The molecule has 10 heteroatoms. The van der Waals surface area contributed by atoms with E-state index in [2.05, 4.69) is 60.9 Å². The van der Waals surface area contributed by atoms with Gasteiger partial charge < -0.3 is 28.5 Å². The molecular formula is C40H66O8SSi. The van der Waals surface area contributed by atoms with Gasteiger partial charge in [0.2, 0.25) is 0 Å². The number of hydrogen-bond donors (Lipinski definition) is 1. The lowest BCUT2D eigenvalue weighted by atomic mass is 9.83. The Bertz CT molecular complexity index is 1360. The van der Waals surface area contributed by atoms with Gasteiger partial charge in [-0.3, -0.25) is 0 Å². The molecule has 10 atom stereocenters. The summed E-state index contributed by atoms with van der Waals surface area (Å²) in [5, 5.41) is 9.35. The SMILES string of the molecule is C=C1C[C@H](CCCO)OC1CC[C@H]1C[C@@H](C)C(=C)C(C[C@@H]2O[C@H](C[C@H](C)CO[Si](C)(C)C(C)(C)C)[C@H](OC)[C@H]2CS(=O)(=O)c2ccccc2)O1. The molecule has 3 fully saturated rings. The van der Waals surface area contributed by atoms with Gasteiger partial charge >= 0.3 is 0 Å². The zero-order valence-electron chi connectivity index (χ0n) is 32.1. The van der Waals surface area contributed by atoms with Crippen molar-refractivity contribution in [2.24, 2.45) is 17.8 Å². The van der Waals surface area contributed by atoms with Gasteiger partial charge in [0.1, 0.15) is 0 Å². The predicted molar refractivity (Wildman–Crippen MR) is 203 cm³/mol. The molecule has 3 aliphatic rings. The fraction of sp³-hybridized carbons (Fsp3) is 0.750. The number of aliphatic hydroxyl groups excluding tert-OH is 1. The Hall–Kier alpha value is -1.37. The second kappa shape index (κ2) is 17.6. The van der Waals surface area contributed by atoms with Crippen molar-refractivity contribution in [3.05, 3.63) is 54.6 Å². The molecule has 8 nitrogen and oxygen atoms in total. The van der Waals surface area contributed by atoms with Crippen LogP contribution in [-0.4, -0.2) is 90.6 Å². The molecular weight excluding hydrogens is 669 g/mol. The van der Waals surface area contributed by atoms with Gasteiger partial charge in [-0.2, -0.15) is 0 Å². The van der Waals surface area contributed by atoms with Crippen LogP contribution in [0.15, 0.2) is 59.5 Å². The summed E-state index contributed by atoms with van der Waals surface area (Å²) in [6.07, 6.45) is 5.12. The molecule has 1 aromatic rings. The average molecular weight is 735 g/mol. The van der Waals surface area contributed by atoms with Crippen LogP contribution < -0.4 is 0 Å². The van der Waals surface area contributed by atoms with Crippen molar-refractivity contribution >= 4 is 18.2 Å². The molecule has 284 valence electrons. The largest absolute Gasteiger partial charge is 0.417 e. The van der Waals surface area contributed by atoms with Crippen molar-refractivity contribution in [1.29, 1.82) is 0 Å². The van der Waals surface area contributed by atoms with Crippen molar-refractivity contribution < 1.29 is 36.9 Å². The Morgan fingerprint density at radius 3 is 2.32 bits per heavy atom. The van der Waals surface area contributed by atoms with Gasteiger partial charge in [0.25, 0.3) is 0 Å². The first-order valence-electron chi connectivity index (χ1n) is 18.8. The minimum absolute atomic E-state index is 0.0118. The predicted octanol–water partition coefficient (Wildman–Crippen LogP) is 7.91. The molecule has 0 spiro atoms. The fourth-order valence-electron chi connectivity index (χ4n) is 7.59. The van der Waals surface area contributed by atoms with E-state index in [4.69, 9.17) is 23.4 Å². The number of rotatable bonds is 17. The number of ether oxygens (including phenoxy) is 4. The lowest BCUT2D eigenvalue weighted by Gasteiger charge is -2.38. The normalized spacial score (nSPS) is 31.7. The van der Waals surface area contributed by atoms with E-state index < -0.39 is 18.2 Å². The Morgan fingerprint density at radius 1 is 1.00 bits per heavy atom. The number of benzene rings is 1. The maximum absolute atomic E-state index is 13.8. The zero-order chi connectivity index (χ0) is 36.9. The van der Waals surface area contributed by atoms with Crippen molar-refractivity contribution in [1.82, 2.24) is 0 Å². The summed E-state index contributed by atoms with van der Waals surface area (Å²) < 4.78 is 60.2. The summed E-state index contributed by atoms with van der Waals surface area (Å²) in [6.45, 7) is 25.2. The Balaban J connectivity index is 1.48. The molecule has 2 unspecified atom stereocenters. The highest BCUT2D eigenvalue weighted by Gasteiger charge is 2.49. The molecule has 50 heavy (non-hydrogen) atoms. The Labute approximate surface area is 304 Å². The van der Waals surface area contributed by atoms with E-state index in [1.807, 2.05) is 6.07 Å². The molecule has 0 saturated carbocycles. The maximum atomic E-state index is 13.8. The van der Waals surface area contributed by atoms with Crippen LogP contribution in [0.4, 0.5) is 0 Å². The summed E-state index contributed by atoms with van der Waals surface area (Å²) in [6, 6.07) is 8.68. The van der Waals surface area contributed by atoms with E-state index in [1.54, 1.807) is 31.4 Å². The smallest absolute Gasteiger partial charge is 0.191 e. The van der Waals surface area contributed by atoms with Gasteiger partial charge in [-0.25, -0.2) is 8.42 Å². The molecule has 1 N–H and O–H groups in total. The van der Waals surface area contributed by atoms with Gasteiger partial charge in [0, 0.05) is 32.7 Å². The van der Waals surface area contributed by atoms with E-state index in [0.717, 1.165) is 49.7 Å². The summed E-state index contributed by atoms with van der Waals surface area (Å²) >= 11 is 0. The van der Waals surface area contributed by atoms with Gasteiger partial charge in [0.05, 0.1) is 53.4 Å². The van der Waals surface area contributed by atoms with Gasteiger partial charge in [-0.15, -0.1) is 0 Å². The van der Waals surface area contributed by atoms with E-state index >= 15 is 0 Å². The minimum atomic E-state index is -3.61. The maximum Gasteiger partial charge on any atom is 0.191 e. The van der Waals surface area contributed by atoms with Crippen LogP contribution in [0.5, 0.6) is 0 Å². The van der Waals surface area contributed by atoms with Crippen molar-refractivity contribution in [2.45, 2.75) is 152 Å². The number of hydrogen-bond acceptors (Lipinski definition) is 8. The van der Waals surface area contributed by atoms with Crippen molar-refractivity contribution in [2.75, 3.05) is 26.1 Å². The van der Waals surface area contributed by atoms with Crippen LogP contribution in [0.1, 0.15) is 86.0 Å². The molecule has 0 bridgehead atoms. The highest BCUT2D eigenvalue weighted by atomic mass is 32.2. The lowest BCUT2D eigenvalue weighted by molar-refractivity contribution is -0.0755. The molecule has 3 heterocycles. The molecule has 0 aromatic heterocycles. The minimum Gasteiger partial charge on any atom is -0.417 e. The molecule has 1 aromatic carbocycles. The molecule has 0 aliphatic carbocycles. The topological polar surface area (TPSA) is 101 Å². The zero-order valence-corrected chi connectivity index (χ0v) is 33.9. The molecule has 4 rings (SSSR count). The third kappa shape index (κ3) is 10.6. The summed E-state index contributed by atoms with van der Waals surface area (Å²) in [4.78, 5) is 0.314. The number of sulfone groups is 1. The average Bonchev–Trinajstić information content (AvgIpc) is 3.57. The highest BCUT2D eigenvalue weighted by molar-refractivity contribution is 7.91. The highest BCUT2D eigenvalue weighted by Crippen LogP contribution is 2.42. The Kier molecular flexibility index (Phi) is 14.6. The third-order valence-corrected chi connectivity index (χ3v) is 18.1. The summed E-state index contributed by atoms with van der Waals surface area (Å²) in [7, 11) is -3.86. The van der Waals surface area contributed by atoms with E-state index in [-0.39, 0.29) is 77.9 Å². The molecule has 0 amide bonds. The van der Waals surface area contributed by atoms with E-state index in [1.165, 1.54) is 0 Å². The molecule has 3 saturated heterocycles. The van der Waals surface area contributed by atoms with Gasteiger partial charge in [0.15, 0.2) is 18.2 Å². The van der Waals surface area contributed by atoms with E-state index in [0.29, 0.717) is 24.3 Å². The van der Waals surface area contributed by atoms with Crippen molar-refractivity contribution in [3.8, 4) is 0 Å². The second-order valence-electron chi connectivity index (χ2n) is 16.8. The van der Waals surface area contributed by atoms with Crippen LogP contribution in [0.3, 0.4) is 0 Å². The van der Waals surface area contributed by atoms with Crippen LogP contribution in [0.25, 0.3) is 0 Å². The van der Waals surface area contributed by atoms with Crippen LogP contribution >= 0.6 is 0 Å². The standard InChI is InChI=1S/C40H66O8SSi/c1-27(25-45-50(9,10)40(5,6)7)21-38-39(44-8)34(26-49(42,43)33-16-12-11-13-17-33)37(48-38)24-36-30(4)28(2)22-32(47-36)18-19-35-29(3)23-31(46-35)15-14-20-41/h11-13,16-17,27-28,31-32,34-39,41H,3-4,14-15,18-26H2,1-2,5-10H3/t27-,28+,31-,32-,34-,35?,36?,37-,38+,39+/m0/s1. The first-order chi connectivity index (χ1) is 23.5. The lowest BCUT2D eigenvalue weighted by Crippen LogP contribution is -2.42. The van der Waals surface area contributed by atoms with Crippen LogP contribution in [0, 0.1) is 17.8 Å². The first-order valence-corrected chi connectivity index (χ1v) is 23.4. The monoisotopic (exact) mass is 734 g/mol. The van der Waals surface area contributed by atoms with Crippen LogP contribution in [0.2, 0.25) is 18.1 Å². The molecule has 0 radical (unpaired) electrons. The van der Waals surface area contributed by atoms with Crippen LogP contribution in [-0.2, 0) is 33.2 Å². The van der Waals surface area contributed by atoms with E-state index in [9.17, 15) is 13.5 Å². The van der Waals surface area contributed by atoms with Gasteiger partial charge in [-0.05, 0) is 98.2 Å². The van der Waals surface area contributed by atoms with Crippen molar-refractivity contribution in [3.63, 3.8) is 0 Å². The van der Waals surface area contributed by atoms with Gasteiger partial charge in [-0.1, -0.05) is 66.0 Å². The summed E-state index contributed by atoms with van der Waals surface area (Å²) in [5.74, 6) is 0.0282. The number of methoxy groups -OCH3 is 1. The summed E-state index contributed by atoms with van der Waals surface area (Å²) in [5.41, 5.74) is 2.16. The first kappa shape index (κ1) is 41.4.